The summed E-state index contributed by atoms with van der Waals surface area (Å²) >= 11 is 0. The smallest absolute Gasteiger partial charge is 0.135 e. The predicted octanol–water partition coefficient (Wildman–Crippen LogP) is 11.2. The number of hydrogen-bond donors (Lipinski definition) is 0. The second-order valence-corrected chi connectivity index (χ2v) is 13.6. The molecule has 0 aliphatic carbocycles. The fourth-order valence-corrected chi connectivity index (χ4v) is 6.60. The molecule has 57 heavy (non-hydrogen) atoms. The Morgan fingerprint density at radius 3 is 1.00 bits per heavy atom. The van der Waals surface area contributed by atoms with Gasteiger partial charge in [0, 0.05) is 101 Å². The van der Waals surface area contributed by atoms with E-state index < -0.39 is 28.7 Å². The molecule has 280 valence electrons. The molecule has 8 nitrogen and oxygen atoms in total. The summed E-state index contributed by atoms with van der Waals surface area (Å²) < 4.78 is 59.7. The van der Waals surface area contributed by atoms with E-state index in [0.717, 1.165) is 34.9 Å². The van der Waals surface area contributed by atoms with Crippen LogP contribution in [-0.4, -0.2) is 29.9 Å². The molecule has 0 spiro atoms. The van der Waals surface area contributed by atoms with E-state index in [2.05, 4.69) is 19.9 Å². The van der Waals surface area contributed by atoms with Crippen LogP contribution in [0.3, 0.4) is 0 Å². The van der Waals surface area contributed by atoms with Crippen LogP contribution in [0.2, 0.25) is 0 Å². The number of rotatable bonds is 10. The van der Waals surface area contributed by atoms with Crippen molar-refractivity contribution < 1.29 is 17.6 Å². The van der Waals surface area contributed by atoms with E-state index in [4.69, 9.17) is 9.97 Å². The SMILES string of the molecule is CC(C)(c1cc(N(c2ccncc2)c2ccncc2)cc(-c2ccc(F)cc2F)n1)c1cc(N(c2ccncc2)c2ccncc2)cc(-c2ccc(F)cc2F)n1. The highest BCUT2D eigenvalue weighted by Crippen LogP contribution is 2.43. The van der Waals surface area contributed by atoms with Gasteiger partial charge in [-0.2, -0.15) is 0 Å². The van der Waals surface area contributed by atoms with Gasteiger partial charge in [-0.3, -0.25) is 29.9 Å². The Morgan fingerprint density at radius 1 is 0.386 bits per heavy atom. The molecule has 0 N–H and O–H groups in total. The number of hydrogen-bond acceptors (Lipinski definition) is 8. The average Bonchev–Trinajstić information content (AvgIpc) is 3.22. The molecule has 0 unspecified atom stereocenters. The second kappa shape index (κ2) is 15.4. The van der Waals surface area contributed by atoms with Gasteiger partial charge in [0.25, 0.3) is 0 Å². The van der Waals surface area contributed by atoms with E-state index in [0.29, 0.717) is 22.8 Å². The normalized spacial score (nSPS) is 11.3. The number of anilines is 6. The highest BCUT2D eigenvalue weighted by Gasteiger charge is 2.31. The molecule has 0 bridgehead atoms. The lowest BCUT2D eigenvalue weighted by Crippen LogP contribution is -2.24. The van der Waals surface area contributed by atoms with Crippen molar-refractivity contribution in [3.8, 4) is 22.5 Å². The van der Waals surface area contributed by atoms with Crippen molar-refractivity contribution in [2.24, 2.45) is 0 Å². The molecule has 0 amide bonds. The lowest BCUT2D eigenvalue weighted by atomic mass is 9.83. The minimum Gasteiger partial charge on any atom is -0.310 e. The van der Waals surface area contributed by atoms with E-state index in [9.17, 15) is 8.78 Å². The monoisotopic (exact) mass is 760 g/mol. The van der Waals surface area contributed by atoms with Gasteiger partial charge in [0.15, 0.2) is 0 Å². The van der Waals surface area contributed by atoms with Crippen molar-refractivity contribution >= 4 is 34.1 Å². The molecule has 12 heteroatoms. The van der Waals surface area contributed by atoms with E-state index >= 15 is 8.78 Å². The summed E-state index contributed by atoms with van der Waals surface area (Å²) in [7, 11) is 0. The van der Waals surface area contributed by atoms with Crippen molar-refractivity contribution in [1.29, 1.82) is 0 Å². The third kappa shape index (κ3) is 7.52. The standard InChI is InChI=1S/C45H32F4N8/c1-45(2,43-27-35(25-41(54-43)37-5-3-29(46)23-39(37)48)56(31-7-15-50-16-8-31)32-9-17-51-18-10-32)44-28-36(26-42(55-44)38-6-4-30(47)24-40(38)49)57(33-11-19-52-20-12-33)34-13-21-53-22-14-34/h3-28H,1-2H3. The summed E-state index contributed by atoms with van der Waals surface area (Å²) in [4.78, 5) is 30.8. The molecule has 0 fully saturated rings. The first-order chi connectivity index (χ1) is 27.7. The zero-order valence-corrected chi connectivity index (χ0v) is 30.6. The molecule has 0 aliphatic rings. The van der Waals surface area contributed by atoms with E-state index in [-0.39, 0.29) is 22.5 Å². The molecule has 0 atom stereocenters. The van der Waals surface area contributed by atoms with Crippen molar-refractivity contribution in [2.75, 3.05) is 9.80 Å². The number of benzene rings is 2. The fraction of sp³-hybridized carbons (Fsp3) is 0.0667. The minimum absolute atomic E-state index is 0.0806. The fourth-order valence-electron chi connectivity index (χ4n) is 6.60. The van der Waals surface area contributed by atoms with Gasteiger partial charge in [-0.05, 0) is 111 Å². The van der Waals surface area contributed by atoms with Gasteiger partial charge in [-0.1, -0.05) is 0 Å². The van der Waals surface area contributed by atoms with Gasteiger partial charge in [0.1, 0.15) is 23.3 Å². The summed E-state index contributed by atoms with van der Waals surface area (Å²) in [5.41, 5.74) is 4.65. The zero-order valence-electron chi connectivity index (χ0n) is 30.6. The number of halogens is 4. The van der Waals surface area contributed by atoms with Gasteiger partial charge < -0.3 is 9.80 Å². The maximum Gasteiger partial charge on any atom is 0.135 e. The van der Waals surface area contributed by atoms with Crippen LogP contribution in [0, 0.1) is 23.3 Å². The molecule has 8 aromatic rings. The molecule has 0 saturated heterocycles. The minimum atomic E-state index is -1.08. The largest absolute Gasteiger partial charge is 0.310 e. The molecule has 6 aromatic heterocycles. The summed E-state index contributed by atoms with van der Waals surface area (Å²) in [5.74, 6) is -3.03. The number of pyridine rings is 6. The Bertz CT molecular complexity index is 2400. The highest BCUT2D eigenvalue weighted by atomic mass is 19.1. The first kappa shape index (κ1) is 36.6. The quantitative estimate of drug-likeness (QED) is 0.127. The maximum absolute atomic E-state index is 15.6. The molecular formula is C45H32F4N8. The van der Waals surface area contributed by atoms with Gasteiger partial charge in [-0.15, -0.1) is 0 Å². The molecule has 0 saturated carbocycles. The Hall–Kier alpha value is -7.34. The zero-order chi connectivity index (χ0) is 39.5. The van der Waals surface area contributed by atoms with E-state index in [1.807, 2.05) is 84.3 Å². The van der Waals surface area contributed by atoms with Crippen LogP contribution in [0.4, 0.5) is 51.7 Å². The molecule has 6 heterocycles. The van der Waals surface area contributed by atoms with Crippen LogP contribution in [0.25, 0.3) is 22.5 Å². The highest BCUT2D eigenvalue weighted by molar-refractivity contribution is 5.81. The van der Waals surface area contributed by atoms with E-state index in [1.54, 1.807) is 61.7 Å². The lowest BCUT2D eigenvalue weighted by Gasteiger charge is -2.31. The van der Waals surface area contributed by atoms with Crippen LogP contribution >= 0.6 is 0 Å². The van der Waals surface area contributed by atoms with Crippen LogP contribution in [0.15, 0.2) is 159 Å². The summed E-state index contributed by atoms with van der Waals surface area (Å²) in [6.45, 7) is 3.82. The van der Waals surface area contributed by atoms with Crippen molar-refractivity contribution in [1.82, 2.24) is 29.9 Å². The number of aromatic nitrogens is 6. The predicted molar refractivity (Wildman–Crippen MR) is 212 cm³/mol. The van der Waals surface area contributed by atoms with E-state index in [1.165, 1.54) is 24.3 Å². The van der Waals surface area contributed by atoms with Gasteiger partial charge in [0.05, 0.1) is 34.2 Å². The van der Waals surface area contributed by atoms with Crippen LogP contribution in [0.5, 0.6) is 0 Å². The molecule has 8 rings (SSSR count). The molecule has 0 aliphatic heterocycles. The van der Waals surface area contributed by atoms with Gasteiger partial charge >= 0.3 is 0 Å². The second-order valence-electron chi connectivity index (χ2n) is 13.6. The van der Waals surface area contributed by atoms with Crippen molar-refractivity contribution in [3.05, 3.63) is 193 Å². The first-order valence-electron chi connectivity index (χ1n) is 17.8. The van der Waals surface area contributed by atoms with Crippen LogP contribution in [-0.2, 0) is 5.41 Å². The van der Waals surface area contributed by atoms with Crippen LogP contribution < -0.4 is 9.80 Å². The molecular weight excluding hydrogens is 729 g/mol. The summed E-state index contributed by atoms with van der Waals surface area (Å²) in [6, 6.07) is 28.6. The van der Waals surface area contributed by atoms with Gasteiger partial charge in [0.2, 0.25) is 0 Å². The van der Waals surface area contributed by atoms with Crippen molar-refractivity contribution in [2.45, 2.75) is 19.3 Å². The Kier molecular flexibility index (Phi) is 9.91. The Labute approximate surface area is 325 Å². The Morgan fingerprint density at radius 2 is 0.702 bits per heavy atom. The molecule has 0 radical (unpaired) electrons. The first-order valence-corrected chi connectivity index (χ1v) is 17.8. The van der Waals surface area contributed by atoms with Gasteiger partial charge in [-0.25, -0.2) is 17.6 Å². The van der Waals surface area contributed by atoms with Crippen LogP contribution in [0.1, 0.15) is 25.2 Å². The third-order valence-corrected chi connectivity index (χ3v) is 9.52. The van der Waals surface area contributed by atoms with Crippen molar-refractivity contribution in [3.63, 3.8) is 0 Å². The third-order valence-electron chi connectivity index (χ3n) is 9.52. The topological polar surface area (TPSA) is 83.8 Å². The summed E-state index contributed by atoms with van der Waals surface area (Å²) in [5, 5.41) is 0. The molecule has 2 aromatic carbocycles. The number of nitrogens with zero attached hydrogens (tertiary/aromatic N) is 8. The maximum atomic E-state index is 15.6. The Balaban J connectivity index is 1.39. The lowest BCUT2D eigenvalue weighted by molar-refractivity contribution is 0.582. The average molecular weight is 761 g/mol. The summed E-state index contributed by atoms with van der Waals surface area (Å²) in [6.07, 6.45) is 13.3.